The van der Waals surface area contributed by atoms with Gasteiger partial charge in [-0.2, -0.15) is 0 Å². The number of anilines is 1. The average molecular weight is 226 g/mol. The summed E-state index contributed by atoms with van der Waals surface area (Å²) < 4.78 is 5.59. The molecule has 2 heterocycles. The highest BCUT2D eigenvalue weighted by atomic mass is 16.5. The van der Waals surface area contributed by atoms with Crippen LogP contribution in [0.25, 0.3) is 10.9 Å². The Kier molecular flexibility index (Phi) is 2.15. The second kappa shape index (κ2) is 3.79. The van der Waals surface area contributed by atoms with E-state index in [9.17, 15) is 0 Å². The summed E-state index contributed by atoms with van der Waals surface area (Å²) in [5, 5.41) is 1.09. The van der Waals surface area contributed by atoms with Crippen LogP contribution in [0.5, 0.6) is 11.6 Å². The lowest BCUT2D eigenvalue weighted by Crippen LogP contribution is -1.93. The lowest BCUT2D eigenvalue weighted by Gasteiger charge is -2.04. The van der Waals surface area contributed by atoms with Crippen molar-refractivity contribution in [3.63, 3.8) is 0 Å². The molecule has 84 valence electrons. The van der Waals surface area contributed by atoms with Crippen LogP contribution in [0.4, 0.5) is 5.82 Å². The number of H-pyrrole nitrogens is 1. The average Bonchev–Trinajstić information content (AvgIpc) is 2.76. The van der Waals surface area contributed by atoms with Crippen LogP contribution >= 0.6 is 0 Å². The zero-order valence-corrected chi connectivity index (χ0v) is 8.92. The maximum Gasteiger partial charge on any atom is 0.224 e. The van der Waals surface area contributed by atoms with Gasteiger partial charge in [-0.25, -0.2) is 9.97 Å². The van der Waals surface area contributed by atoms with E-state index >= 15 is 0 Å². The van der Waals surface area contributed by atoms with Gasteiger partial charge in [-0.1, -0.05) is 0 Å². The molecule has 3 aromatic rings. The van der Waals surface area contributed by atoms with Crippen molar-refractivity contribution in [3.8, 4) is 11.6 Å². The molecule has 0 radical (unpaired) electrons. The molecule has 0 fully saturated rings. The molecule has 17 heavy (non-hydrogen) atoms. The van der Waals surface area contributed by atoms with E-state index in [-0.39, 0.29) is 0 Å². The lowest BCUT2D eigenvalue weighted by molar-refractivity contribution is 0.462. The van der Waals surface area contributed by atoms with Gasteiger partial charge < -0.3 is 15.5 Å². The summed E-state index contributed by atoms with van der Waals surface area (Å²) in [7, 11) is 0. The number of ether oxygens (including phenoxy) is 1. The molecular formula is C12H10N4O. The number of nitrogen functional groups attached to an aromatic ring is 1. The third kappa shape index (κ3) is 1.90. The van der Waals surface area contributed by atoms with Crippen molar-refractivity contribution in [3.05, 3.63) is 42.9 Å². The molecule has 5 nitrogen and oxygen atoms in total. The molecule has 0 aliphatic carbocycles. The first-order chi connectivity index (χ1) is 8.31. The van der Waals surface area contributed by atoms with Crippen LogP contribution in [0.1, 0.15) is 0 Å². The number of hydrogen-bond acceptors (Lipinski definition) is 4. The molecule has 0 bridgehead atoms. The number of hydrogen-bond donors (Lipinski definition) is 2. The van der Waals surface area contributed by atoms with Gasteiger partial charge in [-0.15, -0.1) is 0 Å². The molecule has 0 spiro atoms. The number of fused-ring (bicyclic) bond motifs is 1. The van der Waals surface area contributed by atoms with Gasteiger partial charge in [0.1, 0.15) is 17.9 Å². The topological polar surface area (TPSA) is 76.8 Å². The fourth-order valence-electron chi connectivity index (χ4n) is 1.62. The van der Waals surface area contributed by atoms with E-state index in [4.69, 9.17) is 10.5 Å². The standard InChI is InChI=1S/C12H10N4O/c13-11-6-12(16-7-15-11)17-9-1-2-10-8(5-9)3-4-14-10/h1-7,14H,(H2,13,15,16). The summed E-state index contributed by atoms with van der Waals surface area (Å²) in [4.78, 5) is 10.9. The number of aromatic amines is 1. The molecule has 5 heteroatoms. The van der Waals surface area contributed by atoms with Crippen molar-refractivity contribution in [1.29, 1.82) is 0 Å². The van der Waals surface area contributed by atoms with E-state index in [1.54, 1.807) is 6.07 Å². The maximum atomic E-state index is 5.59. The number of nitrogens with one attached hydrogen (secondary N) is 1. The SMILES string of the molecule is Nc1cc(Oc2ccc3[nH]ccc3c2)ncn1. The van der Waals surface area contributed by atoms with Gasteiger partial charge in [-0.05, 0) is 24.3 Å². The third-order valence-electron chi connectivity index (χ3n) is 2.41. The van der Waals surface area contributed by atoms with Crippen molar-refractivity contribution in [2.75, 3.05) is 5.73 Å². The smallest absolute Gasteiger partial charge is 0.224 e. The quantitative estimate of drug-likeness (QED) is 0.703. The van der Waals surface area contributed by atoms with Crippen molar-refractivity contribution < 1.29 is 4.74 Å². The van der Waals surface area contributed by atoms with Crippen LogP contribution in [0, 0.1) is 0 Å². The van der Waals surface area contributed by atoms with Crippen LogP contribution in [0.2, 0.25) is 0 Å². The van der Waals surface area contributed by atoms with Crippen LogP contribution in [-0.4, -0.2) is 15.0 Å². The van der Waals surface area contributed by atoms with E-state index in [0.29, 0.717) is 11.7 Å². The zero-order valence-electron chi connectivity index (χ0n) is 8.92. The molecular weight excluding hydrogens is 216 g/mol. The second-order valence-electron chi connectivity index (χ2n) is 3.61. The van der Waals surface area contributed by atoms with Gasteiger partial charge in [0.2, 0.25) is 5.88 Å². The van der Waals surface area contributed by atoms with Crippen molar-refractivity contribution in [2.45, 2.75) is 0 Å². The van der Waals surface area contributed by atoms with E-state index < -0.39 is 0 Å². The first-order valence-electron chi connectivity index (χ1n) is 5.14. The lowest BCUT2D eigenvalue weighted by atomic mass is 10.2. The number of aromatic nitrogens is 3. The van der Waals surface area contributed by atoms with Crippen LogP contribution < -0.4 is 10.5 Å². The summed E-state index contributed by atoms with van der Waals surface area (Å²) in [6.07, 6.45) is 3.26. The van der Waals surface area contributed by atoms with Crippen molar-refractivity contribution in [2.24, 2.45) is 0 Å². The monoisotopic (exact) mass is 226 g/mol. The predicted molar refractivity (Wildman–Crippen MR) is 64.8 cm³/mol. The Hall–Kier alpha value is -2.56. The Morgan fingerprint density at radius 1 is 1.12 bits per heavy atom. The van der Waals surface area contributed by atoms with Gasteiger partial charge in [0.05, 0.1) is 0 Å². The molecule has 2 aromatic heterocycles. The molecule has 1 aromatic carbocycles. The summed E-state index contributed by atoms with van der Waals surface area (Å²) in [6, 6.07) is 9.33. The molecule has 0 saturated heterocycles. The molecule has 0 aliphatic heterocycles. The Labute approximate surface area is 97.3 Å². The fourth-order valence-corrected chi connectivity index (χ4v) is 1.62. The Bertz CT molecular complexity index is 662. The van der Waals surface area contributed by atoms with Gasteiger partial charge >= 0.3 is 0 Å². The number of benzene rings is 1. The molecule has 3 N–H and O–H groups in total. The minimum Gasteiger partial charge on any atom is -0.439 e. The number of rotatable bonds is 2. The number of nitrogens with zero attached hydrogens (tertiary/aromatic N) is 2. The minimum absolute atomic E-state index is 0.387. The highest BCUT2D eigenvalue weighted by Gasteiger charge is 2.01. The van der Waals surface area contributed by atoms with E-state index in [1.165, 1.54) is 6.33 Å². The highest BCUT2D eigenvalue weighted by Crippen LogP contribution is 2.24. The molecule has 0 unspecified atom stereocenters. The Morgan fingerprint density at radius 2 is 2.06 bits per heavy atom. The van der Waals surface area contributed by atoms with Gasteiger partial charge in [-0.3, -0.25) is 0 Å². The highest BCUT2D eigenvalue weighted by molar-refractivity contribution is 5.80. The minimum atomic E-state index is 0.387. The summed E-state index contributed by atoms with van der Waals surface area (Å²) in [5.41, 5.74) is 6.62. The molecule has 0 atom stereocenters. The fraction of sp³-hybridized carbons (Fsp3) is 0. The van der Waals surface area contributed by atoms with Gasteiger partial charge in [0, 0.05) is 23.2 Å². The summed E-state index contributed by atoms with van der Waals surface area (Å²) in [6.45, 7) is 0. The van der Waals surface area contributed by atoms with Crippen molar-refractivity contribution in [1.82, 2.24) is 15.0 Å². The van der Waals surface area contributed by atoms with Gasteiger partial charge in [0.25, 0.3) is 0 Å². The third-order valence-corrected chi connectivity index (χ3v) is 2.41. The van der Waals surface area contributed by atoms with E-state index in [1.807, 2.05) is 30.5 Å². The summed E-state index contributed by atoms with van der Waals surface area (Å²) in [5.74, 6) is 1.54. The normalized spacial score (nSPS) is 10.6. The second-order valence-corrected chi connectivity index (χ2v) is 3.61. The molecule has 3 rings (SSSR count). The maximum absolute atomic E-state index is 5.59. The van der Waals surface area contributed by atoms with E-state index in [0.717, 1.165) is 16.7 Å². The Morgan fingerprint density at radius 3 is 2.94 bits per heavy atom. The van der Waals surface area contributed by atoms with Crippen LogP contribution in [0.15, 0.2) is 42.9 Å². The first-order valence-corrected chi connectivity index (χ1v) is 5.14. The summed E-state index contributed by atoms with van der Waals surface area (Å²) >= 11 is 0. The largest absolute Gasteiger partial charge is 0.439 e. The number of nitrogens with two attached hydrogens (primary N) is 1. The molecule has 0 amide bonds. The Balaban J connectivity index is 1.94. The van der Waals surface area contributed by atoms with Gasteiger partial charge in [0.15, 0.2) is 0 Å². The van der Waals surface area contributed by atoms with E-state index in [2.05, 4.69) is 15.0 Å². The molecule has 0 saturated carbocycles. The first kappa shape index (κ1) is 9.65. The zero-order chi connectivity index (χ0) is 11.7. The van der Waals surface area contributed by atoms with Crippen molar-refractivity contribution >= 4 is 16.7 Å². The predicted octanol–water partition coefficient (Wildman–Crippen LogP) is 2.33. The van der Waals surface area contributed by atoms with Crippen LogP contribution in [0.3, 0.4) is 0 Å². The van der Waals surface area contributed by atoms with Crippen LogP contribution in [-0.2, 0) is 0 Å². The molecule has 0 aliphatic rings.